The van der Waals surface area contributed by atoms with Crippen molar-refractivity contribution in [3.8, 4) is 0 Å². The zero-order valence-electron chi connectivity index (χ0n) is 11.5. The third-order valence-electron chi connectivity index (χ3n) is 2.61. The van der Waals surface area contributed by atoms with E-state index in [2.05, 4.69) is 0 Å². The lowest BCUT2D eigenvalue weighted by Gasteiger charge is -2.12. The van der Waals surface area contributed by atoms with Crippen LogP contribution in [0.4, 0.5) is 0 Å². The molecule has 21 heavy (non-hydrogen) atoms. The molecular weight excluding hydrogens is 312 g/mol. The normalized spacial score (nSPS) is 13.8. The molecule has 0 bridgehead atoms. The lowest BCUT2D eigenvalue weighted by Crippen LogP contribution is -2.06. The number of carbonyl (C=O) groups excluding carboxylic acids is 2. The van der Waals surface area contributed by atoms with E-state index in [4.69, 9.17) is 12.5 Å². The molecule has 0 saturated carbocycles. The summed E-state index contributed by atoms with van der Waals surface area (Å²) in [6, 6.07) is 6.84. The van der Waals surface area contributed by atoms with Crippen molar-refractivity contribution in [3.63, 3.8) is 0 Å². The van der Waals surface area contributed by atoms with Crippen molar-refractivity contribution in [2.24, 2.45) is 0 Å². The topological polar surface area (TPSA) is 69.7 Å². The van der Waals surface area contributed by atoms with Crippen LogP contribution in [0.5, 0.6) is 0 Å². The SMILES string of the molecule is CC(=O)C(SOSC(C(C)=O)c1ccco1)c1ccco1. The molecule has 112 valence electrons. The van der Waals surface area contributed by atoms with Crippen LogP contribution in [-0.4, -0.2) is 11.6 Å². The third kappa shape index (κ3) is 4.26. The summed E-state index contributed by atoms with van der Waals surface area (Å²) in [6.07, 6.45) is 3.00. The van der Waals surface area contributed by atoms with E-state index in [0.717, 1.165) is 24.1 Å². The number of rotatable bonds is 8. The van der Waals surface area contributed by atoms with Gasteiger partial charge in [0.2, 0.25) is 0 Å². The second kappa shape index (κ2) is 7.53. The molecule has 0 fully saturated rings. The molecule has 2 aromatic rings. The molecule has 5 nitrogen and oxygen atoms in total. The summed E-state index contributed by atoms with van der Waals surface area (Å²) in [5, 5.41) is -1.12. The Bertz CT molecular complexity index is 524. The first kappa shape index (κ1) is 15.9. The van der Waals surface area contributed by atoms with Gasteiger partial charge in [0.25, 0.3) is 0 Å². The van der Waals surface area contributed by atoms with E-state index in [0.29, 0.717) is 11.5 Å². The van der Waals surface area contributed by atoms with Crippen LogP contribution >= 0.6 is 24.1 Å². The van der Waals surface area contributed by atoms with E-state index in [1.165, 1.54) is 26.4 Å². The predicted molar refractivity (Wildman–Crippen MR) is 80.5 cm³/mol. The Kier molecular flexibility index (Phi) is 5.72. The highest BCUT2D eigenvalue weighted by molar-refractivity contribution is 8.08. The van der Waals surface area contributed by atoms with Gasteiger partial charge in [0.15, 0.2) is 11.6 Å². The van der Waals surface area contributed by atoms with Crippen molar-refractivity contribution in [1.82, 2.24) is 0 Å². The summed E-state index contributed by atoms with van der Waals surface area (Å²) in [5.41, 5.74) is 0. The monoisotopic (exact) mass is 326 g/mol. The minimum Gasteiger partial charge on any atom is -0.468 e. The molecule has 0 radical (unpaired) electrons. The van der Waals surface area contributed by atoms with Gasteiger partial charge in [-0.05, 0) is 38.1 Å². The van der Waals surface area contributed by atoms with Crippen molar-refractivity contribution in [3.05, 3.63) is 48.3 Å². The lowest BCUT2D eigenvalue weighted by molar-refractivity contribution is -0.117. The van der Waals surface area contributed by atoms with Crippen LogP contribution in [-0.2, 0) is 13.2 Å². The minimum absolute atomic E-state index is 0.0899. The molecule has 0 spiro atoms. The molecule has 2 atom stereocenters. The van der Waals surface area contributed by atoms with Crippen LogP contribution in [0.2, 0.25) is 0 Å². The van der Waals surface area contributed by atoms with Crippen LogP contribution in [0, 0.1) is 0 Å². The van der Waals surface area contributed by atoms with Crippen molar-refractivity contribution < 1.29 is 22.1 Å². The van der Waals surface area contributed by atoms with Gasteiger partial charge in [-0.3, -0.25) is 9.59 Å². The molecule has 2 aromatic heterocycles. The zero-order valence-corrected chi connectivity index (χ0v) is 13.1. The highest BCUT2D eigenvalue weighted by atomic mass is 32.2. The van der Waals surface area contributed by atoms with E-state index >= 15 is 0 Å². The lowest BCUT2D eigenvalue weighted by atomic mass is 10.2. The van der Waals surface area contributed by atoms with Gasteiger partial charge < -0.3 is 8.83 Å². The van der Waals surface area contributed by atoms with Gasteiger partial charge >= 0.3 is 0 Å². The quantitative estimate of drug-likeness (QED) is 0.675. The fourth-order valence-corrected chi connectivity index (χ4v) is 3.15. The Morgan fingerprint density at radius 2 is 1.38 bits per heavy atom. The smallest absolute Gasteiger partial charge is 0.152 e. The number of hydrogen-bond acceptors (Lipinski definition) is 7. The number of carbonyl (C=O) groups is 2. The Morgan fingerprint density at radius 3 is 1.67 bits per heavy atom. The van der Waals surface area contributed by atoms with Gasteiger partial charge in [-0.15, -0.1) is 0 Å². The molecule has 7 heteroatoms. The molecular formula is C14H14O5S2. The molecule has 2 heterocycles. The first-order valence-electron chi connectivity index (χ1n) is 6.16. The number of ketones is 2. The molecule has 0 aliphatic carbocycles. The van der Waals surface area contributed by atoms with Crippen molar-refractivity contribution in [2.45, 2.75) is 24.3 Å². The van der Waals surface area contributed by atoms with Crippen molar-refractivity contribution >= 4 is 35.7 Å². The van der Waals surface area contributed by atoms with E-state index in [9.17, 15) is 9.59 Å². The summed E-state index contributed by atoms with van der Waals surface area (Å²) in [7, 11) is 0. The van der Waals surface area contributed by atoms with Gasteiger partial charge in [0, 0.05) is 24.1 Å². The average molecular weight is 326 g/mol. The van der Waals surface area contributed by atoms with Crippen LogP contribution in [0.1, 0.15) is 35.9 Å². The fourth-order valence-electron chi connectivity index (χ4n) is 1.61. The molecule has 0 amide bonds. The predicted octanol–water partition coefficient (Wildman–Crippen LogP) is 4.15. The molecule has 0 N–H and O–H groups in total. The second-order valence-electron chi connectivity index (χ2n) is 4.27. The van der Waals surface area contributed by atoms with Gasteiger partial charge in [-0.2, -0.15) is 0 Å². The third-order valence-corrected chi connectivity index (χ3v) is 4.75. The summed E-state index contributed by atoms with van der Waals surface area (Å²) < 4.78 is 15.8. The van der Waals surface area contributed by atoms with Gasteiger partial charge in [0.1, 0.15) is 22.0 Å². The molecule has 0 aromatic carbocycles. The Labute approximate surface area is 130 Å². The molecule has 0 saturated heterocycles. The minimum atomic E-state index is -0.559. The molecule has 2 rings (SSSR count). The van der Waals surface area contributed by atoms with Gasteiger partial charge in [0.05, 0.1) is 12.5 Å². The standard InChI is InChI=1S/C14H14O5S2/c1-9(15)13(11-5-3-7-17-11)20-19-21-14(10(2)16)12-6-4-8-18-12/h3-8,13-14H,1-2H3. The maximum Gasteiger partial charge on any atom is 0.152 e. The average Bonchev–Trinajstić information content (AvgIpc) is 3.10. The number of Topliss-reactive ketones (excluding diaryl/α,β-unsaturated/α-hetero) is 2. The summed E-state index contributed by atoms with van der Waals surface area (Å²) in [4.78, 5) is 23.3. The highest BCUT2D eigenvalue weighted by Gasteiger charge is 2.25. The summed E-state index contributed by atoms with van der Waals surface area (Å²) >= 11 is 1.91. The Hall–Kier alpha value is -1.44. The van der Waals surface area contributed by atoms with E-state index < -0.39 is 10.5 Å². The maximum atomic E-state index is 11.6. The Balaban J connectivity index is 1.95. The van der Waals surface area contributed by atoms with Gasteiger partial charge in [-0.1, -0.05) is 0 Å². The number of hydrogen-bond donors (Lipinski definition) is 0. The van der Waals surface area contributed by atoms with Crippen LogP contribution in [0.25, 0.3) is 0 Å². The van der Waals surface area contributed by atoms with Crippen LogP contribution in [0.15, 0.2) is 45.6 Å². The zero-order chi connectivity index (χ0) is 15.2. The molecule has 0 aliphatic heterocycles. The Morgan fingerprint density at radius 1 is 0.952 bits per heavy atom. The number of furan rings is 2. The first-order valence-corrected chi connectivity index (χ1v) is 7.77. The van der Waals surface area contributed by atoms with Gasteiger partial charge in [-0.25, -0.2) is 3.63 Å². The van der Waals surface area contributed by atoms with E-state index in [1.807, 2.05) is 0 Å². The largest absolute Gasteiger partial charge is 0.468 e. The first-order chi connectivity index (χ1) is 10.1. The second-order valence-corrected chi connectivity index (χ2v) is 6.14. The maximum absolute atomic E-state index is 11.6. The summed E-state index contributed by atoms with van der Waals surface area (Å²) in [6.45, 7) is 2.92. The van der Waals surface area contributed by atoms with Crippen LogP contribution < -0.4 is 0 Å². The van der Waals surface area contributed by atoms with Crippen LogP contribution in [0.3, 0.4) is 0 Å². The highest BCUT2D eigenvalue weighted by Crippen LogP contribution is 2.39. The van der Waals surface area contributed by atoms with Crippen molar-refractivity contribution in [1.29, 1.82) is 0 Å². The fraction of sp³-hybridized carbons (Fsp3) is 0.286. The van der Waals surface area contributed by atoms with E-state index in [-0.39, 0.29) is 11.6 Å². The molecule has 0 aliphatic rings. The van der Waals surface area contributed by atoms with E-state index in [1.54, 1.807) is 24.3 Å². The summed E-state index contributed by atoms with van der Waals surface area (Å²) in [5.74, 6) is 0.858. The van der Waals surface area contributed by atoms with Crippen molar-refractivity contribution in [2.75, 3.05) is 0 Å². The molecule has 2 unspecified atom stereocenters.